The molecule has 0 heterocycles. The molecule has 2 atom stereocenters. The van der Waals surface area contributed by atoms with E-state index in [1.165, 1.54) is 6.07 Å². The van der Waals surface area contributed by atoms with Crippen LogP contribution in [0.15, 0.2) is 60.7 Å². The number of rotatable bonds is 11. The lowest BCUT2D eigenvalue weighted by Crippen LogP contribution is -2.46. The van der Waals surface area contributed by atoms with Gasteiger partial charge in [0.15, 0.2) is 0 Å². The molecule has 0 saturated heterocycles. The zero-order chi connectivity index (χ0) is 27.2. The van der Waals surface area contributed by atoms with Crippen LogP contribution in [-0.4, -0.2) is 41.2 Å². The molecule has 3 aromatic rings. The number of halogens is 2. The van der Waals surface area contributed by atoms with Crippen molar-refractivity contribution in [2.75, 3.05) is 13.2 Å². The first-order chi connectivity index (χ1) is 17.4. The summed E-state index contributed by atoms with van der Waals surface area (Å²) in [7, 11) is 0. The van der Waals surface area contributed by atoms with Crippen molar-refractivity contribution in [1.29, 1.82) is 0 Å². The Labute approximate surface area is 222 Å². The van der Waals surface area contributed by atoms with E-state index in [1.807, 2.05) is 57.2 Å². The van der Waals surface area contributed by atoms with Gasteiger partial charge in [-0.25, -0.2) is 9.18 Å². The van der Waals surface area contributed by atoms with Gasteiger partial charge in [-0.15, -0.1) is 0 Å². The number of nitrogens with one attached hydrogen (secondary N) is 1. The van der Waals surface area contributed by atoms with Gasteiger partial charge in [-0.05, 0) is 86.2 Å². The molecular weight excluding hydrogens is 497 g/mol. The lowest BCUT2D eigenvalue weighted by molar-refractivity contribution is -0.00397. The number of hydrogen-bond acceptors (Lipinski definition) is 5. The number of carbonyl (C=O) groups is 1. The third kappa shape index (κ3) is 8.27. The molecule has 37 heavy (non-hydrogen) atoms. The second-order valence-corrected chi connectivity index (χ2v) is 10.2. The lowest BCUT2D eigenvalue weighted by Gasteiger charge is -2.28. The van der Waals surface area contributed by atoms with Crippen LogP contribution in [0.2, 0.25) is 5.02 Å². The highest BCUT2D eigenvalue weighted by Gasteiger charge is 2.21. The highest BCUT2D eigenvalue weighted by atomic mass is 35.5. The maximum absolute atomic E-state index is 13.8. The standard InChI is InChI=1S/C29H33ClFNO5/c1-18-13-21(10-12-27(18)37-28(34)35)24-8-6-5-7-23(24)19(2)36-17-22(33)16-32-29(3,4)15-20-9-11-25(30)26(31)14-20/h5-14,19,22,32-33H,15-17H2,1-4H3,(H,34,35)/t19?,22-/m1/s1. The molecule has 1 unspecified atom stereocenters. The van der Waals surface area contributed by atoms with Gasteiger partial charge in [0, 0.05) is 12.1 Å². The lowest BCUT2D eigenvalue weighted by atomic mass is 9.94. The smallest absolute Gasteiger partial charge is 0.449 e. The molecule has 0 amide bonds. The van der Waals surface area contributed by atoms with Gasteiger partial charge in [0.2, 0.25) is 0 Å². The molecule has 0 aliphatic carbocycles. The summed E-state index contributed by atoms with van der Waals surface area (Å²) in [6, 6.07) is 17.9. The van der Waals surface area contributed by atoms with Gasteiger partial charge in [-0.1, -0.05) is 48.0 Å². The minimum absolute atomic E-state index is 0.0946. The fraction of sp³-hybridized carbons (Fsp3) is 0.345. The average molecular weight is 530 g/mol. The first kappa shape index (κ1) is 28.6. The molecule has 198 valence electrons. The number of ether oxygens (including phenoxy) is 2. The minimum atomic E-state index is -1.35. The van der Waals surface area contributed by atoms with E-state index in [1.54, 1.807) is 25.1 Å². The molecule has 0 radical (unpaired) electrons. The summed E-state index contributed by atoms with van der Waals surface area (Å²) in [4.78, 5) is 10.9. The second kappa shape index (κ2) is 12.5. The third-order valence-electron chi connectivity index (χ3n) is 6.07. The second-order valence-electron chi connectivity index (χ2n) is 9.75. The topological polar surface area (TPSA) is 88.0 Å². The first-order valence-corrected chi connectivity index (χ1v) is 12.4. The number of aliphatic hydroxyl groups is 1. The summed E-state index contributed by atoms with van der Waals surface area (Å²) in [5.74, 6) is -0.157. The van der Waals surface area contributed by atoms with E-state index >= 15 is 0 Å². The summed E-state index contributed by atoms with van der Waals surface area (Å²) in [6.45, 7) is 8.12. The van der Waals surface area contributed by atoms with Crippen LogP contribution in [0.25, 0.3) is 11.1 Å². The summed E-state index contributed by atoms with van der Waals surface area (Å²) >= 11 is 5.77. The van der Waals surface area contributed by atoms with E-state index in [9.17, 15) is 14.3 Å². The van der Waals surface area contributed by atoms with Gasteiger partial charge < -0.3 is 25.0 Å². The maximum Gasteiger partial charge on any atom is 0.511 e. The number of β-amino-alcohol motifs (C(OH)–C–C–N with tert-alkyl or cyclic N) is 1. The normalized spacial score (nSPS) is 13.3. The molecule has 0 spiro atoms. The Morgan fingerprint density at radius 3 is 2.54 bits per heavy atom. The van der Waals surface area contributed by atoms with Crippen LogP contribution < -0.4 is 10.1 Å². The molecule has 0 aliphatic rings. The monoisotopic (exact) mass is 529 g/mol. The van der Waals surface area contributed by atoms with Crippen LogP contribution in [0.4, 0.5) is 9.18 Å². The Hall–Kier alpha value is -2.97. The molecule has 0 fully saturated rings. The van der Waals surface area contributed by atoms with Crippen LogP contribution in [0.1, 0.15) is 43.6 Å². The molecule has 0 bridgehead atoms. The van der Waals surface area contributed by atoms with Crippen molar-refractivity contribution in [2.45, 2.75) is 51.9 Å². The van der Waals surface area contributed by atoms with Crippen molar-refractivity contribution in [2.24, 2.45) is 0 Å². The van der Waals surface area contributed by atoms with Crippen LogP contribution in [0, 0.1) is 12.7 Å². The van der Waals surface area contributed by atoms with Crippen molar-refractivity contribution in [1.82, 2.24) is 5.32 Å². The summed E-state index contributed by atoms with van der Waals surface area (Å²) in [6.07, 6.45) is -1.83. The van der Waals surface area contributed by atoms with E-state index in [-0.39, 0.29) is 29.0 Å². The van der Waals surface area contributed by atoms with Crippen LogP contribution in [0.5, 0.6) is 5.75 Å². The summed E-state index contributed by atoms with van der Waals surface area (Å²) in [5.41, 5.74) is 3.93. The molecule has 8 heteroatoms. The summed E-state index contributed by atoms with van der Waals surface area (Å²) < 4.78 is 24.6. The fourth-order valence-corrected chi connectivity index (χ4v) is 4.28. The van der Waals surface area contributed by atoms with E-state index in [2.05, 4.69) is 5.32 Å². The molecule has 0 aliphatic heterocycles. The quantitative estimate of drug-likeness (QED) is 0.192. The highest BCUT2D eigenvalue weighted by molar-refractivity contribution is 6.30. The van der Waals surface area contributed by atoms with Crippen molar-refractivity contribution in [3.8, 4) is 16.9 Å². The summed E-state index contributed by atoms with van der Waals surface area (Å²) in [5, 5.41) is 22.9. The van der Waals surface area contributed by atoms with Crippen LogP contribution >= 0.6 is 11.6 Å². The molecule has 0 saturated carbocycles. The Balaban J connectivity index is 1.58. The molecule has 0 aromatic heterocycles. The van der Waals surface area contributed by atoms with Crippen molar-refractivity contribution in [3.63, 3.8) is 0 Å². The first-order valence-electron chi connectivity index (χ1n) is 12.0. The number of aliphatic hydroxyl groups excluding tert-OH is 1. The zero-order valence-corrected chi connectivity index (χ0v) is 22.2. The van der Waals surface area contributed by atoms with Gasteiger partial charge in [0.25, 0.3) is 0 Å². The molecule has 3 N–H and O–H groups in total. The number of benzene rings is 3. The Morgan fingerprint density at radius 1 is 1.14 bits per heavy atom. The predicted molar refractivity (Wildman–Crippen MR) is 143 cm³/mol. The van der Waals surface area contributed by atoms with Gasteiger partial charge >= 0.3 is 6.16 Å². The minimum Gasteiger partial charge on any atom is -0.449 e. The van der Waals surface area contributed by atoms with Gasteiger partial charge in [0.05, 0.1) is 23.8 Å². The average Bonchev–Trinajstić information content (AvgIpc) is 2.84. The van der Waals surface area contributed by atoms with Crippen molar-refractivity contribution >= 4 is 17.8 Å². The Bertz CT molecular complexity index is 1230. The van der Waals surface area contributed by atoms with Gasteiger partial charge in [0.1, 0.15) is 11.6 Å². The molecule has 3 rings (SSSR count). The highest BCUT2D eigenvalue weighted by Crippen LogP contribution is 2.32. The Kier molecular flexibility index (Phi) is 9.68. The predicted octanol–water partition coefficient (Wildman–Crippen LogP) is 6.56. The zero-order valence-electron chi connectivity index (χ0n) is 21.4. The number of hydrogen-bond donors (Lipinski definition) is 3. The fourth-order valence-electron chi connectivity index (χ4n) is 4.16. The van der Waals surface area contributed by atoms with Crippen molar-refractivity contribution < 1.29 is 28.9 Å². The van der Waals surface area contributed by atoms with Crippen LogP contribution in [0.3, 0.4) is 0 Å². The molecular formula is C29H33ClFNO5. The van der Waals surface area contributed by atoms with E-state index in [4.69, 9.17) is 26.2 Å². The number of aryl methyl sites for hydroxylation is 1. The SMILES string of the molecule is Cc1cc(-c2ccccc2C(C)OC[C@H](O)CNC(C)(C)Cc2ccc(Cl)c(F)c2)ccc1OC(=O)O. The number of carboxylic acid groups (broad SMARTS) is 1. The Morgan fingerprint density at radius 2 is 1.86 bits per heavy atom. The van der Waals surface area contributed by atoms with Crippen LogP contribution in [-0.2, 0) is 11.2 Å². The van der Waals surface area contributed by atoms with E-state index < -0.39 is 18.1 Å². The van der Waals surface area contributed by atoms with E-state index in [0.29, 0.717) is 18.5 Å². The van der Waals surface area contributed by atoms with Gasteiger partial charge in [-0.2, -0.15) is 0 Å². The third-order valence-corrected chi connectivity index (χ3v) is 6.37. The largest absolute Gasteiger partial charge is 0.511 e. The maximum atomic E-state index is 13.8. The molecule has 6 nitrogen and oxygen atoms in total. The molecule has 3 aromatic carbocycles. The van der Waals surface area contributed by atoms with Gasteiger partial charge in [-0.3, -0.25) is 0 Å². The van der Waals surface area contributed by atoms with Crippen molar-refractivity contribution in [3.05, 3.63) is 88.2 Å². The van der Waals surface area contributed by atoms with E-state index in [0.717, 1.165) is 22.3 Å².